The van der Waals surface area contributed by atoms with E-state index >= 15 is 0 Å². The first kappa shape index (κ1) is 16.7. The number of aromatic nitrogens is 2. The number of rotatable bonds is 3. The molecule has 128 valence electrons. The Balaban J connectivity index is 1.55. The van der Waals surface area contributed by atoms with Crippen LogP contribution in [0.5, 0.6) is 5.88 Å². The van der Waals surface area contributed by atoms with Crippen molar-refractivity contribution in [3.05, 3.63) is 39.5 Å². The molecule has 0 aromatic carbocycles. The molecule has 2 aromatic rings. The quantitative estimate of drug-likeness (QED) is 0.847. The first-order valence-electron chi connectivity index (χ1n) is 7.17. The van der Waals surface area contributed by atoms with Crippen LogP contribution in [0.3, 0.4) is 0 Å². The molecule has 0 saturated carbocycles. The maximum absolute atomic E-state index is 12.5. The SMILES string of the molecule is Cc1nc(C)c(C(=O)N2CC(Oc3ccc(C(F)(F)F)cn3)C2)s1. The summed E-state index contributed by atoms with van der Waals surface area (Å²) in [6.45, 7) is 4.37. The minimum absolute atomic E-state index is 0.0988. The molecule has 1 saturated heterocycles. The summed E-state index contributed by atoms with van der Waals surface area (Å²) in [5, 5.41) is 0.832. The van der Waals surface area contributed by atoms with Gasteiger partial charge in [0.25, 0.3) is 5.91 Å². The highest BCUT2D eigenvalue weighted by Crippen LogP contribution is 2.30. The third-order valence-corrected chi connectivity index (χ3v) is 4.64. The standard InChI is InChI=1S/C15H14F3N3O2S/c1-8-13(24-9(2)20-8)14(22)21-6-11(7-21)23-12-4-3-10(5-19-12)15(16,17)18/h3-5,11H,6-7H2,1-2H3. The Labute approximate surface area is 140 Å². The van der Waals surface area contributed by atoms with Gasteiger partial charge in [-0.05, 0) is 19.9 Å². The number of carbonyl (C=O) groups excluding carboxylic acids is 1. The summed E-state index contributed by atoms with van der Waals surface area (Å²) in [7, 11) is 0. The van der Waals surface area contributed by atoms with E-state index in [4.69, 9.17) is 4.74 Å². The van der Waals surface area contributed by atoms with E-state index in [0.29, 0.717) is 23.7 Å². The number of hydrogen-bond donors (Lipinski definition) is 0. The zero-order valence-corrected chi connectivity index (χ0v) is 13.7. The molecule has 0 spiro atoms. The van der Waals surface area contributed by atoms with Crippen molar-refractivity contribution >= 4 is 17.2 Å². The predicted molar refractivity (Wildman–Crippen MR) is 81.1 cm³/mol. The van der Waals surface area contributed by atoms with E-state index in [9.17, 15) is 18.0 Å². The number of alkyl halides is 3. The van der Waals surface area contributed by atoms with E-state index in [1.807, 2.05) is 6.92 Å². The van der Waals surface area contributed by atoms with Crippen molar-refractivity contribution in [3.63, 3.8) is 0 Å². The van der Waals surface area contributed by atoms with Crippen LogP contribution in [0.2, 0.25) is 0 Å². The molecule has 0 radical (unpaired) electrons. The first-order valence-corrected chi connectivity index (χ1v) is 7.99. The molecule has 3 rings (SSSR count). The highest BCUT2D eigenvalue weighted by atomic mass is 32.1. The Morgan fingerprint density at radius 3 is 2.54 bits per heavy atom. The van der Waals surface area contributed by atoms with Crippen molar-refractivity contribution in [2.45, 2.75) is 26.1 Å². The average Bonchev–Trinajstić information content (AvgIpc) is 2.80. The summed E-state index contributed by atoms with van der Waals surface area (Å²) in [6.07, 6.45) is -3.96. The topological polar surface area (TPSA) is 55.3 Å². The molecule has 0 atom stereocenters. The number of pyridine rings is 1. The summed E-state index contributed by atoms with van der Waals surface area (Å²) < 4.78 is 42.9. The Morgan fingerprint density at radius 1 is 1.33 bits per heavy atom. The molecular weight excluding hydrogens is 343 g/mol. The third-order valence-electron chi connectivity index (χ3n) is 3.58. The van der Waals surface area contributed by atoms with Crippen LogP contribution < -0.4 is 4.74 Å². The van der Waals surface area contributed by atoms with Gasteiger partial charge in [0.2, 0.25) is 5.88 Å². The van der Waals surface area contributed by atoms with Gasteiger partial charge in [-0.1, -0.05) is 0 Å². The number of carbonyl (C=O) groups is 1. The monoisotopic (exact) mass is 357 g/mol. The van der Waals surface area contributed by atoms with Crippen LogP contribution in [0, 0.1) is 13.8 Å². The van der Waals surface area contributed by atoms with E-state index in [2.05, 4.69) is 9.97 Å². The number of thiazole rings is 1. The summed E-state index contributed by atoms with van der Waals surface area (Å²) >= 11 is 1.35. The second-order valence-corrected chi connectivity index (χ2v) is 6.68. The predicted octanol–water partition coefficient (Wildman–Crippen LogP) is 3.08. The van der Waals surface area contributed by atoms with Crippen molar-refractivity contribution in [1.29, 1.82) is 0 Å². The normalized spacial score (nSPS) is 15.3. The summed E-state index contributed by atoms with van der Waals surface area (Å²) in [4.78, 5) is 22.4. The second-order valence-electron chi connectivity index (χ2n) is 5.48. The van der Waals surface area contributed by atoms with E-state index < -0.39 is 11.7 Å². The Morgan fingerprint density at radius 2 is 2.04 bits per heavy atom. The number of hydrogen-bond acceptors (Lipinski definition) is 5. The van der Waals surface area contributed by atoms with Crippen LogP contribution >= 0.6 is 11.3 Å². The van der Waals surface area contributed by atoms with Gasteiger partial charge in [-0.15, -0.1) is 11.3 Å². The van der Waals surface area contributed by atoms with Gasteiger partial charge in [0, 0.05) is 12.3 Å². The molecule has 9 heteroatoms. The third kappa shape index (κ3) is 3.35. The van der Waals surface area contributed by atoms with Gasteiger partial charge in [0.1, 0.15) is 11.0 Å². The molecule has 1 amide bonds. The second kappa shape index (κ2) is 6.04. The highest BCUT2D eigenvalue weighted by Gasteiger charge is 2.35. The molecule has 24 heavy (non-hydrogen) atoms. The fraction of sp³-hybridized carbons (Fsp3) is 0.400. The van der Waals surface area contributed by atoms with Crippen molar-refractivity contribution in [2.24, 2.45) is 0 Å². The largest absolute Gasteiger partial charge is 0.471 e. The molecule has 1 aliphatic rings. The number of amides is 1. The number of halogens is 3. The van der Waals surface area contributed by atoms with Crippen molar-refractivity contribution < 1.29 is 22.7 Å². The molecular formula is C15H14F3N3O2S. The summed E-state index contributed by atoms with van der Waals surface area (Å²) in [5.74, 6) is 0.0169. The maximum atomic E-state index is 12.5. The zero-order chi connectivity index (χ0) is 17.5. The molecule has 1 aliphatic heterocycles. The van der Waals surface area contributed by atoms with Crippen LogP contribution in [0.4, 0.5) is 13.2 Å². The minimum Gasteiger partial charge on any atom is -0.471 e. The Hall–Kier alpha value is -2.16. The molecule has 3 heterocycles. The van der Waals surface area contributed by atoms with Gasteiger partial charge >= 0.3 is 6.18 Å². The number of aryl methyl sites for hydroxylation is 2. The molecule has 0 unspecified atom stereocenters. The lowest BCUT2D eigenvalue weighted by Gasteiger charge is -2.38. The van der Waals surface area contributed by atoms with Gasteiger partial charge in [-0.2, -0.15) is 13.2 Å². The van der Waals surface area contributed by atoms with E-state index in [0.717, 1.165) is 17.3 Å². The highest BCUT2D eigenvalue weighted by molar-refractivity contribution is 7.13. The molecule has 0 bridgehead atoms. The molecule has 0 N–H and O–H groups in total. The van der Waals surface area contributed by atoms with Gasteiger partial charge in [0.05, 0.1) is 29.4 Å². The first-order chi connectivity index (χ1) is 11.2. The van der Waals surface area contributed by atoms with Gasteiger partial charge in [-0.25, -0.2) is 9.97 Å². The van der Waals surface area contributed by atoms with E-state index in [-0.39, 0.29) is 17.9 Å². The minimum atomic E-state index is -4.42. The number of ether oxygens (including phenoxy) is 1. The molecule has 5 nitrogen and oxygen atoms in total. The number of nitrogens with zero attached hydrogens (tertiary/aromatic N) is 3. The average molecular weight is 357 g/mol. The van der Waals surface area contributed by atoms with Crippen LogP contribution in [0.15, 0.2) is 18.3 Å². The molecule has 2 aromatic heterocycles. The van der Waals surface area contributed by atoms with Gasteiger partial charge in [-0.3, -0.25) is 4.79 Å². The Bertz CT molecular complexity index is 752. The smallest absolute Gasteiger partial charge is 0.417 e. The fourth-order valence-corrected chi connectivity index (χ4v) is 3.23. The van der Waals surface area contributed by atoms with Crippen molar-refractivity contribution in [2.75, 3.05) is 13.1 Å². The van der Waals surface area contributed by atoms with Crippen LogP contribution in [-0.4, -0.2) is 40.0 Å². The lowest BCUT2D eigenvalue weighted by Crippen LogP contribution is -2.56. The lowest BCUT2D eigenvalue weighted by molar-refractivity contribution is -0.137. The zero-order valence-electron chi connectivity index (χ0n) is 12.9. The molecule has 0 aliphatic carbocycles. The van der Waals surface area contributed by atoms with E-state index in [1.54, 1.807) is 11.8 Å². The number of likely N-dealkylation sites (tertiary alicyclic amines) is 1. The Kier molecular flexibility index (Phi) is 4.20. The van der Waals surface area contributed by atoms with Gasteiger partial charge < -0.3 is 9.64 Å². The van der Waals surface area contributed by atoms with Crippen molar-refractivity contribution in [3.8, 4) is 5.88 Å². The van der Waals surface area contributed by atoms with E-state index in [1.165, 1.54) is 17.4 Å². The van der Waals surface area contributed by atoms with Gasteiger partial charge in [0.15, 0.2) is 0 Å². The van der Waals surface area contributed by atoms with Crippen LogP contribution in [-0.2, 0) is 6.18 Å². The fourth-order valence-electron chi connectivity index (χ4n) is 2.34. The van der Waals surface area contributed by atoms with Crippen LogP contribution in [0.1, 0.15) is 25.9 Å². The van der Waals surface area contributed by atoms with Crippen molar-refractivity contribution in [1.82, 2.24) is 14.9 Å². The van der Waals surface area contributed by atoms with Crippen LogP contribution in [0.25, 0.3) is 0 Å². The maximum Gasteiger partial charge on any atom is 0.417 e. The lowest BCUT2D eigenvalue weighted by atomic mass is 10.1. The summed E-state index contributed by atoms with van der Waals surface area (Å²) in [5.41, 5.74) is -0.118. The summed E-state index contributed by atoms with van der Waals surface area (Å²) in [6, 6.07) is 2.11. The molecule has 1 fully saturated rings.